The van der Waals surface area contributed by atoms with Crippen molar-refractivity contribution in [2.75, 3.05) is 27.3 Å². The summed E-state index contributed by atoms with van der Waals surface area (Å²) in [5, 5.41) is 0. The zero-order valence-electron chi connectivity index (χ0n) is 12.3. The quantitative estimate of drug-likeness (QED) is 0.899. The number of piperidine rings is 1. The van der Waals surface area contributed by atoms with Gasteiger partial charge in [0, 0.05) is 25.1 Å². The van der Waals surface area contributed by atoms with Crippen molar-refractivity contribution in [2.24, 2.45) is 11.7 Å². The Morgan fingerprint density at radius 3 is 2.38 bits per heavy atom. The molecule has 0 spiro atoms. The second-order valence-corrected chi connectivity index (χ2v) is 5.04. The molecule has 1 aromatic rings. The van der Waals surface area contributed by atoms with Gasteiger partial charge in [0.15, 0.2) is 0 Å². The lowest BCUT2D eigenvalue weighted by Gasteiger charge is -2.31. The third-order valence-corrected chi connectivity index (χ3v) is 3.82. The van der Waals surface area contributed by atoms with Gasteiger partial charge in [0.2, 0.25) is 5.91 Å². The summed E-state index contributed by atoms with van der Waals surface area (Å²) in [5.74, 6) is 0.598. The number of methoxy groups -OCH3 is 2. The molecule has 21 heavy (non-hydrogen) atoms. The second kappa shape index (κ2) is 6.47. The number of carbonyl (C=O) groups excluding carboxylic acids is 2. The molecule has 114 valence electrons. The Hall–Kier alpha value is -2.24. The normalized spacial score (nSPS) is 15.6. The molecule has 0 bridgehead atoms. The van der Waals surface area contributed by atoms with Gasteiger partial charge in [-0.1, -0.05) is 0 Å². The Morgan fingerprint density at radius 2 is 1.86 bits per heavy atom. The average Bonchev–Trinajstić information content (AvgIpc) is 2.53. The van der Waals surface area contributed by atoms with Crippen LogP contribution in [0.4, 0.5) is 0 Å². The molecule has 1 saturated heterocycles. The van der Waals surface area contributed by atoms with E-state index in [0.29, 0.717) is 43.0 Å². The van der Waals surface area contributed by atoms with E-state index in [1.807, 2.05) is 0 Å². The fraction of sp³-hybridized carbons (Fsp3) is 0.467. The molecule has 0 aliphatic carbocycles. The Bertz CT molecular complexity index is 536. The van der Waals surface area contributed by atoms with Crippen molar-refractivity contribution in [3.63, 3.8) is 0 Å². The van der Waals surface area contributed by atoms with Crippen LogP contribution < -0.4 is 15.2 Å². The van der Waals surface area contributed by atoms with E-state index in [0.717, 1.165) is 0 Å². The molecule has 2 N–H and O–H groups in total. The highest BCUT2D eigenvalue weighted by Crippen LogP contribution is 2.27. The average molecular weight is 292 g/mol. The number of hydrogen-bond donors (Lipinski definition) is 1. The van der Waals surface area contributed by atoms with Gasteiger partial charge in [0.25, 0.3) is 5.91 Å². The van der Waals surface area contributed by atoms with Gasteiger partial charge in [-0.25, -0.2) is 0 Å². The van der Waals surface area contributed by atoms with Crippen LogP contribution in [0.5, 0.6) is 11.5 Å². The van der Waals surface area contributed by atoms with Crippen LogP contribution in [0, 0.1) is 5.92 Å². The summed E-state index contributed by atoms with van der Waals surface area (Å²) in [5.41, 5.74) is 5.80. The molecular formula is C15H20N2O4. The molecule has 2 rings (SSSR count). The zero-order valence-corrected chi connectivity index (χ0v) is 12.3. The predicted molar refractivity (Wildman–Crippen MR) is 77.4 cm³/mol. The lowest BCUT2D eigenvalue weighted by molar-refractivity contribution is -0.123. The number of benzene rings is 1. The van der Waals surface area contributed by atoms with Crippen LogP contribution in [-0.2, 0) is 4.79 Å². The SMILES string of the molecule is COc1ccc(C(=O)N2CCC(C(N)=O)CC2)c(OC)c1. The molecule has 1 aliphatic rings. The maximum atomic E-state index is 12.5. The van der Waals surface area contributed by atoms with Crippen molar-refractivity contribution >= 4 is 11.8 Å². The number of nitrogens with zero attached hydrogens (tertiary/aromatic N) is 1. The Kier molecular flexibility index (Phi) is 4.67. The molecule has 0 saturated carbocycles. The second-order valence-electron chi connectivity index (χ2n) is 5.04. The topological polar surface area (TPSA) is 81.9 Å². The van der Waals surface area contributed by atoms with Crippen LogP contribution in [0.25, 0.3) is 0 Å². The summed E-state index contributed by atoms with van der Waals surface area (Å²) in [6, 6.07) is 5.11. The van der Waals surface area contributed by atoms with E-state index in [1.54, 1.807) is 30.2 Å². The molecule has 1 fully saturated rings. The molecule has 0 radical (unpaired) electrons. The fourth-order valence-electron chi connectivity index (χ4n) is 2.51. The van der Waals surface area contributed by atoms with Gasteiger partial charge >= 0.3 is 0 Å². The molecule has 0 unspecified atom stereocenters. The Balaban J connectivity index is 2.12. The lowest BCUT2D eigenvalue weighted by Crippen LogP contribution is -2.41. The first-order valence-electron chi connectivity index (χ1n) is 6.87. The van der Waals surface area contributed by atoms with E-state index in [4.69, 9.17) is 15.2 Å². The molecular weight excluding hydrogens is 272 g/mol. The van der Waals surface area contributed by atoms with E-state index in [9.17, 15) is 9.59 Å². The number of primary amides is 1. The summed E-state index contributed by atoms with van der Waals surface area (Å²) >= 11 is 0. The molecule has 1 heterocycles. The van der Waals surface area contributed by atoms with E-state index in [-0.39, 0.29) is 17.7 Å². The van der Waals surface area contributed by atoms with Crippen LogP contribution >= 0.6 is 0 Å². The fourth-order valence-corrected chi connectivity index (χ4v) is 2.51. The standard InChI is InChI=1S/C15H20N2O4/c1-20-11-3-4-12(13(9-11)21-2)15(19)17-7-5-10(6-8-17)14(16)18/h3-4,9-10H,5-8H2,1-2H3,(H2,16,18). The van der Waals surface area contributed by atoms with Crippen molar-refractivity contribution in [3.8, 4) is 11.5 Å². The number of likely N-dealkylation sites (tertiary alicyclic amines) is 1. The van der Waals surface area contributed by atoms with Crippen LogP contribution in [0.2, 0.25) is 0 Å². The predicted octanol–water partition coefficient (Wildman–Crippen LogP) is 1.04. The lowest BCUT2D eigenvalue weighted by atomic mass is 9.96. The van der Waals surface area contributed by atoms with Crippen molar-refractivity contribution in [3.05, 3.63) is 23.8 Å². The smallest absolute Gasteiger partial charge is 0.257 e. The number of rotatable bonds is 4. The van der Waals surface area contributed by atoms with Crippen molar-refractivity contribution < 1.29 is 19.1 Å². The highest BCUT2D eigenvalue weighted by atomic mass is 16.5. The Labute approximate surface area is 123 Å². The van der Waals surface area contributed by atoms with Gasteiger partial charge < -0.3 is 20.1 Å². The minimum Gasteiger partial charge on any atom is -0.497 e. The Morgan fingerprint density at radius 1 is 1.19 bits per heavy atom. The molecule has 0 aromatic heterocycles. The number of ether oxygens (including phenoxy) is 2. The molecule has 6 nitrogen and oxygen atoms in total. The van der Waals surface area contributed by atoms with Gasteiger partial charge in [-0.05, 0) is 25.0 Å². The molecule has 2 amide bonds. The molecule has 1 aliphatic heterocycles. The summed E-state index contributed by atoms with van der Waals surface area (Å²) in [7, 11) is 3.08. The summed E-state index contributed by atoms with van der Waals surface area (Å²) < 4.78 is 10.4. The first kappa shape index (κ1) is 15.2. The van der Waals surface area contributed by atoms with E-state index < -0.39 is 0 Å². The minimum absolute atomic E-state index is 0.0996. The summed E-state index contributed by atoms with van der Waals surface area (Å²) in [4.78, 5) is 25.4. The number of carbonyl (C=O) groups is 2. The van der Waals surface area contributed by atoms with Crippen LogP contribution in [0.15, 0.2) is 18.2 Å². The van der Waals surface area contributed by atoms with E-state index in [2.05, 4.69) is 0 Å². The monoisotopic (exact) mass is 292 g/mol. The molecule has 0 atom stereocenters. The van der Waals surface area contributed by atoms with E-state index in [1.165, 1.54) is 7.11 Å². The molecule has 6 heteroatoms. The van der Waals surface area contributed by atoms with Crippen LogP contribution in [0.1, 0.15) is 23.2 Å². The van der Waals surface area contributed by atoms with Gasteiger partial charge in [-0.15, -0.1) is 0 Å². The van der Waals surface area contributed by atoms with Gasteiger partial charge in [0.05, 0.1) is 19.8 Å². The highest BCUT2D eigenvalue weighted by molar-refractivity contribution is 5.97. The number of nitrogens with two attached hydrogens (primary N) is 1. The van der Waals surface area contributed by atoms with Crippen LogP contribution in [0.3, 0.4) is 0 Å². The third-order valence-electron chi connectivity index (χ3n) is 3.82. The maximum absolute atomic E-state index is 12.5. The van der Waals surface area contributed by atoms with Gasteiger partial charge in [-0.2, -0.15) is 0 Å². The maximum Gasteiger partial charge on any atom is 0.257 e. The molecule has 1 aromatic carbocycles. The summed E-state index contributed by atoms with van der Waals surface area (Å²) in [6.45, 7) is 1.06. The van der Waals surface area contributed by atoms with Gasteiger partial charge in [-0.3, -0.25) is 9.59 Å². The van der Waals surface area contributed by atoms with E-state index >= 15 is 0 Å². The van der Waals surface area contributed by atoms with Crippen molar-refractivity contribution in [1.29, 1.82) is 0 Å². The first-order chi connectivity index (χ1) is 10.1. The number of amides is 2. The van der Waals surface area contributed by atoms with Crippen LogP contribution in [-0.4, -0.2) is 44.0 Å². The summed E-state index contributed by atoms with van der Waals surface area (Å²) in [6.07, 6.45) is 1.22. The van der Waals surface area contributed by atoms with Gasteiger partial charge in [0.1, 0.15) is 11.5 Å². The van der Waals surface area contributed by atoms with Crippen molar-refractivity contribution in [1.82, 2.24) is 4.90 Å². The third kappa shape index (κ3) is 3.26. The van der Waals surface area contributed by atoms with Crippen molar-refractivity contribution in [2.45, 2.75) is 12.8 Å². The number of hydrogen-bond acceptors (Lipinski definition) is 4. The minimum atomic E-state index is -0.288. The largest absolute Gasteiger partial charge is 0.497 e. The first-order valence-corrected chi connectivity index (χ1v) is 6.87. The zero-order chi connectivity index (χ0) is 15.4. The highest BCUT2D eigenvalue weighted by Gasteiger charge is 2.27.